The van der Waals surface area contributed by atoms with Crippen molar-refractivity contribution >= 4 is 17.6 Å². The van der Waals surface area contributed by atoms with E-state index in [2.05, 4.69) is 0 Å². The van der Waals surface area contributed by atoms with Crippen LogP contribution in [0.3, 0.4) is 0 Å². The van der Waals surface area contributed by atoms with E-state index in [0.29, 0.717) is 12.4 Å². The number of carbonyl (C=O) groups is 2. The monoisotopic (exact) mass is 367 g/mol. The van der Waals surface area contributed by atoms with Gasteiger partial charge in [0.2, 0.25) is 0 Å². The topological polar surface area (TPSA) is 74.3 Å². The molecule has 142 valence electrons. The number of rotatable bonds is 6. The largest absolute Gasteiger partial charge is 0.491 e. The van der Waals surface area contributed by atoms with Crippen molar-refractivity contribution in [1.82, 2.24) is 0 Å². The molecule has 1 aromatic rings. The number of anilines is 1. The number of nitrogens with zero attached hydrogens (tertiary/aromatic N) is 1. The van der Waals surface area contributed by atoms with Crippen molar-refractivity contribution in [1.29, 1.82) is 0 Å². The molecule has 0 bridgehead atoms. The zero-order chi connectivity index (χ0) is 19.3. The first kappa shape index (κ1) is 19.7. The molecule has 26 heavy (non-hydrogen) atoms. The highest BCUT2D eigenvalue weighted by Gasteiger charge is 2.33. The molecule has 2 rings (SSSR count). The van der Waals surface area contributed by atoms with Gasteiger partial charge in [0.05, 0.1) is 38.7 Å². The van der Waals surface area contributed by atoms with E-state index < -0.39 is 17.8 Å². The Balaban J connectivity index is 2.55. The molecule has 0 N–H and O–H groups in total. The summed E-state index contributed by atoms with van der Waals surface area (Å²) >= 11 is 0. The molecule has 0 aromatic heterocycles. The second-order valence-electron chi connectivity index (χ2n) is 6.03. The summed E-state index contributed by atoms with van der Waals surface area (Å²) in [6, 6.07) is 3.93. The third kappa shape index (κ3) is 4.32. The van der Waals surface area contributed by atoms with Crippen LogP contribution >= 0.6 is 0 Å². The molecule has 8 heteroatoms. The van der Waals surface area contributed by atoms with Crippen LogP contribution in [0.5, 0.6) is 5.75 Å². The quantitative estimate of drug-likeness (QED) is 0.714. The lowest BCUT2D eigenvalue weighted by molar-refractivity contribution is -0.140. The Labute approximate surface area is 151 Å². The van der Waals surface area contributed by atoms with Crippen molar-refractivity contribution in [2.75, 3.05) is 39.1 Å². The highest BCUT2D eigenvalue weighted by Crippen LogP contribution is 2.35. The maximum Gasteiger partial charge on any atom is 0.355 e. The van der Waals surface area contributed by atoms with Crippen molar-refractivity contribution < 1.29 is 32.9 Å². The van der Waals surface area contributed by atoms with Crippen LogP contribution in [0.4, 0.5) is 10.1 Å². The Kier molecular flexibility index (Phi) is 6.57. The standard InChI is InChI=1S/C18H22FNO6/c1-11(2)8-26-15-6-5-12(19)7-14(15)20-10-25-9-13(17(21)23-3)16(20)18(22)24-4/h5-7,11H,8-10H2,1-4H3. The van der Waals surface area contributed by atoms with Crippen LogP contribution in [-0.4, -0.2) is 46.1 Å². The fourth-order valence-corrected chi connectivity index (χ4v) is 2.41. The van der Waals surface area contributed by atoms with E-state index in [1.807, 2.05) is 13.8 Å². The number of benzene rings is 1. The highest BCUT2D eigenvalue weighted by atomic mass is 19.1. The summed E-state index contributed by atoms with van der Waals surface area (Å²) in [5, 5.41) is 0. The summed E-state index contributed by atoms with van der Waals surface area (Å²) in [6.45, 7) is 4.15. The maximum absolute atomic E-state index is 13.9. The number of methoxy groups -OCH3 is 2. The van der Waals surface area contributed by atoms with Gasteiger partial charge in [-0.25, -0.2) is 14.0 Å². The number of hydrogen-bond donors (Lipinski definition) is 0. The van der Waals surface area contributed by atoms with Crippen molar-refractivity contribution in [3.05, 3.63) is 35.3 Å². The second kappa shape index (κ2) is 8.66. The predicted octanol–water partition coefficient (Wildman–Crippen LogP) is 2.25. The van der Waals surface area contributed by atoms with Gasteiger partial charge in [0, 0.05) is 6.07 Å². The summed E-state index contributed by atoms with van der Waals surface area (Å²) in [5.74, 6) is -1.40. The van der Waals surface area contributed by atoms with Crippen LogP contribution in [0.1, 0.15) is 13.8 Å². The van der Waals surface area contributed by atoms with E-state index in [4.69, 9.17) is 18.9 Å². The molecule has 0 fully saturated rings. The molecule has 1 heterocycles. The van der Waals surface area contributed by atoms with Gasteiger partial charge in [-0.05, 0) is 18.1 Å². The number of esters is 2. The SMILES string of the molecule is COC(=O)C1=C(C(=O)OC)N(c2cc(F)ccc2OCC(C)C)COC1. The van der Waals surface area contributed by atoms with Gasteiger partial charge in [0.15, 0.2) is 0 Å². The van der Waals surface area contributed by atoms with Gasteiger partial charge in [-0.3, -0.25) is 0 Å². The first-order valence-corrected chi connectivity index (χ1v) is 8.06. The van der Waals surface area contributed by atoms with Crippen molar-refractivity contribution in [3.63, 3.8) is 0 Å². The van der Waals surface area contributed by atoms with Crippen molar-refractivity contribution in [2.24, 2.45) is 5.92 Å². The van der Waals surface area contributed by atoms with Crippen molar-refractivity contribution in [3.8, 4) is 5.75 Å². The first-order chi connectivity index (χ1) is 12.4. The smallest absolute Gasteiger partial charge is 0.355 e. The van der Waals surface area contributed by atoms with Crippen LogP contribution in [-0.2, 0) is 23.8 Å². The molecule has 0 saturated heterocycles. The summed E-state index contributed by atoms with van der Waals surface area (Å²) in [4.78, 5) is 25.7. The third-order valence-corrected chi connectivity index (χ3v) is 3.62. The molecule has 0 unspecified atom stereocenters. The van der Waals surface area contributed by atoms with Gasteiger partial charge in [0.1, 0.15) is 24.0 Å². The third-order valence-electron chi connectivity index (χ3n) is 3.62. The zero-order valence-electron chi connectivity index (χ0n) is 15.2. The van der Waals surface area contributed by atoms with Gasteiger partial charge in [-0.1, -0.05) is 13.8 Å². The highest BCUT2D eigenvalue weighted by molar-refractivity contribution is 6.03. The molecule has 0 spiro atoms. The molecule has 0 aliphatic carbocycles. The molecule has 0 amide bonds. The first-order valence-electron chi connectivity index (χ1n) is 8.06. The minimum absolute atomic E-state index is 0.00956. The molecule has 0 saturated carbocycles. The van der Waals surface area contributed by atoms with E-state index in [1.165, 1.54) is 37.3 Å². The minimum Gasteiger partial charge on any atom is -0.491 e. The Morgan fingerprint density at radius 3 is 2.54 bits per heavy atom. The fraction of sp³-hybridized carbons (Fsp3) is 0.444. The van der Waals surface area contributed by atoms with Crippen LogP contribution in [0.15, 0.2) is 29.5 Å². The van der Waals surface area contributed by atoms with E-state index >= 15 is 0 Å². The summed E-state index contributed by atoms with van der Waals surface area (Å²) < 4.78 is 34.5. The van der Waals surface area contributed by atoms with Crippen LogP contribution in [0, 0.1) is 11.7 Å². The average Bonchev–Trinajstić information content (AvgIpc) is 2.64. The molecule has 1 aliphatic heterocycles. The van der Waals surface area contributed by atoms with Crippen molar-refractivity contribution in [2.45, 2.75) is 13.8 Å². The summed E-state index contributed by atoms with van der Waals surface area (Å²) in [7, 11) is 2.39. The normalized spacial score (nSPS) is 14.5. The molecule has 0 radical (unpaired) electrons. The molecule has 1 aliphatic rings. The molecule has 7 nitrogen and oxygen atoms in total. The lowest BCUT2D eigenvalue weighted by Gasteiger charge is -2.32. The molecule has 0 atom stereocenters. The second-order valence-corrected chi connectivity index (χ2v) is 6.03. The van der Waals surface area contributed by atoms with Gasteiger partial charge < -0.3 is 23.8 Å². The minimum atomic E-state index is -0.757. The Hall–Kier alpha value is -2.61. The fourth-order valence-electron chi connectivity index (χ4n) is 2.41. The van der Waals surface area contributed by atoms with E-state index in [-0.39, 0.29) is 36.2 Å². The van der Waals surface area contributed by atoms with E-state index in [0.717, 1.165) is 0 Å². The molecule has 1 aromatic carbocycles. The lowest BCUT2D eigenvalue weighted by atomic mass is 10.1. The number of halogens is 1. The molecular weight excluding hydrogens is 345 g/mol. The van der Waals surface area contributed by atoms with E-state index in [9.17, 15) is 14.0 Å². The summed E-state index contributed by atoms with van der Waals surface area (Å²) in [6.07, 6.45) is 0. The number of ether oxygens (including phenoxy) is 4. The van der Waals surface area contributed by atoms with Gasteiger partial charge in [-0.2, -0.15) is 0 Å². The Morgan fingerprint density at radius 1 is 1.23 bits per heavy atom. The zero-order valence-corrected chi connectivity index (χ0v) is 15.2. The number of hydrogen-bond acceptors (Lipinski definition) is 7. The average molecular weight is 367 g/mol. The lowest BCUT2D eigenvalue weighted by Crippen LogP contribution is -2.39. The Bertz CT molecular complexity index is 716. The van der Waals surface area contributed by atoms with Crippen LogP contribution in [0.25, 0.3) is 0 Å². The Morgan fingerprint density at radius 2 is 1.92 bits per heavy atom. The number of carbonyl (C=O) groups excluding carboxylic acids is 2. The molecular formula is C18H22FNO6. The van der Waals surface area contributed by atoms with E-state index in [1.54, 1.807) is 0 Å². The van der Waals surface area contributed by atoms with Gasteiger partial charge in [-0.15, -0.1) is 0 Å². The predicted molar refractivity (Wildman–Crippen MR) is 91.1 cm³/mol. The van der Waals surface area contributed by atoms with Crippen LogP contribution in [0.2, 0.25) is 0 Å². The van der Waals surface area contributed by atoms with Gasteiger partial charge in [0.25, 0.3) is 0 Å². The van der Waals surface area contributed by atoms with Gasteiger partial charge >= 0.3 is 11.9 Å². The summed E-state index contributed by atoms with van der Waals surface area (Å²) in [5.41, 5.74) is 0.183. The van der Waals surface area contributed by atoms with Crippen LogP contribution < -0.4 is 9.64 Å². The maximum atomic E-state index is 13.9.